The Morgan fingerprint density at radius 1 is 1.09 bits per heavy atom. The number of halogens is 2. The summed E-state index contributed by atoms with van der Waals surface area (Å²) in [7, 11) is 0. The molecule has 3 N–H and O–H groups in total. The van der Waals surface area contributed by atoms with Crippen molar-refractivity contribution in [2.45, 2.75) is 50.2 Å². The predicted octanol–water partition coefficient (Wildman–Crippen LogP) is 3.93. The van der Waals surface area contributed by atoms with Crippen LogP contribution in [0.2, 0.25) is 0 Å². The Bertz CT molecular complexity index is 995. The fourth-order valence-corrected chi connectivity index (χ4v) is 6.31. The quantitative estimate of drug-likeness (QED) is 0.594. The number of nitrogens with one attached hydrogen (secondary N) is 2. The summed E-state index contributed by atoms with van der Waals surface area (Å²) in [6.07, 6.45) is 5.43. The Kier molecular flexibility index (Phi) is 6.23. The van der Waals surface area contributed by atoms with Crippen molar-refractivity contribution in [3.05, 3.63) is 71.3 Å². The summed E-state index contributed by atoms with van der Waals surface area (Å²) in [5.41, 5.74) is -0.336. The van der Waals surface area contributed by atoms with Crippen LogP contribution >= 0.6 is 0 Å². The molecule has 2 saturated carbocycles. The highest BCUT2D eigenvalue weighted by Crippen LogP contribution is 2.52. The van der Waals surface area contributed by atoms with Gasteiger partial charge in [-0.2, -0.15) is 0 Å². The van der Waals surface area contributed by atoms with E-state index in [1.165, 1.54) is 12.1 Å². The van der Waals surface area contributed by atoms with E-state index in [0.29, 0.717) is 41.8 Å². The number of hydrogen-bond donors (Lipinski definition) is 3. The van der Waals surface area contributed by atoms with E-state index in [9.17, 15) is 18.7 Å². The highest BCUT2D eigenvalue weighted by Gasteiger charge is 2.58. The molecule has 5 atom stereocenters. The smallest absolute Gasteiger partial charge is 0.256 e. The number of fused-ring (bicyclic) bond motifs is 1. The van der Waals surface area contributed by atoms with Crippen LogP contribution in [0.1, 0.15) is 43.2 Å². The van der Waals surface area contributed by atoms with E-state index < -0.39 is 17.2 Å². The molecule has 6 heteroatoms. The van der Waals surface area contributed by atoms with Crippen LogP contribution in [0.15, 0.2) is 48.5 Å². The minimum absolute atomic E-state index is 0.0804. The maximum absolute atomic E-state index is 14.1. The molecule has 4 nitrogen and oxygen atoms in total. The van der Waals surface area contributed by atoms with Crippen molar-refractivity contribution in [1.29, 1.82) is 0 Å². The molecule has 5 rings (SSSR count). The first kappa shape index (κ1) is 22.5. The lowest BCUT2D eigenvalue weighted by Gasteiger charge is -2.37. The van der Waals surface area contributed by atoms with Crippen molar-refractivity contribution in [3.8, 4) is 0 Å². The number of hydrogen-bond acceptors (Lipinski definition) is 3. The van der Waals surface area contributed by atoms with Gasteiger partial charge in [0, 0.05) is 24.6 Å². The van der Waals surface area contributed by atoms with Crippen LogP contribution in [0.25, 0.3) is 0 Å². The number of carbonyl (C=O) groups excluding carboxylic acids is 1. The zero-order valence-corrected chi connectivity index (χ0v) is 18.8. The lowest BCUT2D eigenvalue weighted by molar-refractivity contribution is -0.149. The predicted molar refractivity (Wildman–Crippen MR) is 122 cm³/mol. The first-order valence-corrected chi connectivity index (χ1v) is 12.2. The standard InChI is InChI=1S/C27H32F2N2O2/c28-20-12-11-17(23(29)14-20)13-24-25-21(15-30-24)22(25)16-31-26(32)27(33,18-7-3-1-4-8-18)19-9-5-2-6-10-19/h1,3-4,7-8,11-12,14,19,21-22,24-25,30,33H,2,5-6,9-10,13,15-16H2,(H,31,32)/t21-,22-,24?,25?,27-/m1/s1. The second-order valence-corrected chi connectivity index (χ2v) is 10.0. The summed E-state index contributed by atoms with van der Waals surface area (Å²) >= 11 is 0. The third kappa shape index (κ3) is 4.31. The molecule has 0 aromatic heterocycles. The van der Waals surface area contributed by atoms with Crippen molar-refractivity contribution >= 4 is 5.91 Å². The molecule has 33 heavy (non-hydrogen) atoms. The van der Waals surface area contributed by atoms with Gasteiger partial charge in [-0.25, -0.2) is 8.78 Å². The van der Waals surface area contributed by atoms with Gasteiger partial charge in [0.1, 0.15) is 11.6 Å². The van der Waals surface area contributed by atoms with E-state index in [4.69, 9.17) is 0 Å². The van der Waals surface area contributed by atoms with E-state index in [1.807, 2.05) is 30.3 Å². The minimum Gasteiger partial charge on any atom is -0.375 e. The summed E-state index contributed by atoms with van der Waals surface area (Å²) < 4.78 is 27.3. The van der Waals surface area contributed by atoms with Crippen LogP contribution in [0.4, 0.5) is 8.78 Å². The van der Waals surface area contributed by atoms with Gasteiger partial charge in [-0.15, -0.1) is 0 Å². The van der Waals surface area contributed by atoms with Gasteiger partial charge in [-0.05, 0) is 60.8 Å². The van der Waals surface area contributed by atoms with Crippen LogP contribution in [0, 0.1) is 35.3 Å². The van der Waals surface area contributed by atoms with Gasteiger partial charge < -0.3 is 15.7 Å². The average molecular weight is 455 g/mol. The molecule has 1 saturated heterocycles. The molecular formula is C27H32F2N2O2. The molecule has 0 bridgehead atoms. The number of amides is 1. The summed E-state index contributed by atoms with van der Waals surface area (Å²) in [6.45, 7) is 1.35. The second-order valence-electron chi connectivity index (χ2n) is 10.0. The van der Waals surface area contributed by atoms with Gasteiger partial charge in [-0.1, -0.05) is 55.7 Å². The molecule has 3 aliphatic rings. The lowest BCUT2D eigenvalue weighted by atomic mass is 9.73. The molecule has 2 aromatic rings. The van der Waals surface area contributed by atoms with Crippen molar-refractivity contribution < 1.29 is 18.7 Å². The molecule has 1 aliphatic heterocycles. The third-order valence-electron chi connectivity index (χ3n) is 8.19. The van der Waals surface area contributed by atoms with Crippen LogP contribution in [0.3, 0.4) is 0 Å². The lowest BCUT2D eigenvalue weighted by Crippen LogP contribution is -2.51. The summed E-state index contributed by atoms with van der Waals surface area (Å²) in [5.74, 6) is -0.346. The molecular weight excluding hydrogens is 422 g/mol. The Morgan fingerprint density at radius 3 is 2.58 bits per heavy atom. The van der Waals surface area contributed by atoms with E-state index in [2.05, 4.69) is 10.6 Å². The number of aliphatic hydroxyl groups is 1. The number of benzene rings is 2. The molecule has 3 fully saturated rings. The second kappa shape index (κ2) is 9.15. The molecule has 1 heterocycles. The van der Waals surface area contributed by atoms with E-state index in [1.54, 1.807) is 0 Å². The maximum Gasteiger partial charge on any atom is 0.256 e. The van der Waals surface area contributed by atoms with Crippen molar-refractivity contribution in [1.82, 2.24) is 10.6 Å². The van der Waals surface area contributed by atoms with E-state index in [0.717, 1.165) is 44.7 Å². The van der Waals surface area contributed by atoms with Crippen LogP contribution < -0.4 is 10.6 Å². The van der Waals surface area contributed by atoms with Crippen LogP contribution in [-0.2, 0) is 16.8 Å². The number of piperidine rings is 1. The van der Waals surface area contributed by atoms with Gasteiger partial charge in [-0.3, -0.25) is 4.79 Å². The van der Waals surface area contributed by atoms with Gasteiger partial charge >= 0.3 is 0 Å². The summed E-state index contributed by atoms with van der Waals surface area (Å²) in [5, 5.41) is 18.2. The zero-order valence-electron chi connectivity index (χ0n) is 18.8. The molecule has 0 radical (unpaired) electrons. The van der Waals surface area contributed by atoms with Crippen LogP contribution in [-0.4, -0.2) is 30.1 Å². The largest absolute Gasteiger partial charge is 0.375 e. The Hall–Kier alpha value is -2.31. The van der Waals surface area contributed by atoms with Gasteiger partial charge in [0.15, 0.2) is 5.60 Å². The van der Waals surface area contributed by atoms with Gasteiger partial charge in [0.05, 0.1) is 0 Å². The fraction of sp³-hybridized carbons (Fsp3) is 0.519. The van der Waals surface area contributed by atoms with E-state index >= 15 is 0 Å². The Morgan fingerprint density at radius 2 is 1.85 bits per heavy atom. The molecule has 2 unspecified atom stereocenters. The summed E-state index contributed by atoms with van der Waals surface area (Å²) in [4.78, 5) is 13.4. The SMILES string of the molecule is O=C(NC[C@H]1C2C(Cc3ccc(F)cc3F)NC[C@@H]21)[C@@](O)(c1ccccc1)C1CCCCC1. The Balaban J connectivity index is 1.24. The maximum atomic E-state index is 14.1. The monoisotopic (exact) mass is 454 g/mol. The van der Waals surface area contributed by atoms with Crippen molar-refractivity contribution in [2.75, 3.05) is 13.1 Å². The Labute approximate surface area is 193 Å². The zero-order chi connectivity index (χ0) is 23.0. The first-order valence-electron chi connectivity index (χ1n) is 12.2. The summed E-state index contributed by atoms with van der Waals surface area (Å²) in [6, 6.07) is 13.2. The van der Waals surface area contributed by atoms with Crippen molar-refractivity contribution in [2.24, 2.45) is 23.7 Å². The molecule has 2 aliphatic carbocycles. The first-order chi connectivity index (χ1) is 16.0. The normalized spacial score (nSPS) is 28.7. The molecule has 176 valence electrons. The topological polar surface area (TPSA) is 61.4 Å². The van der Waals surface area contributed by atoms with Gasteiger partial charge in [0.25, 0.3) is 5.91 Å². The highest BCUT2D eigenvalue weighted by atomic mass is 19.1. The average Bonchev–Trinajstić information content (AvgIpc) is 3.38. The minimum atomic E-state index is -1.51. The fourth-order valence-electron chi connectivity index (χ4n) is 6.31. The van der Waals surface area contributed by atoms with E-state index in [-0.39, 0.29) is 17.9 Å². The molecule has 2 aromatic carbocycles. The van der Waals surface area contributed by atoms with Gasteiger partial charge in [0.2, 0.25) is 0 Å². The molecule has 1 amide bonds. The van der Waals surface area contributed by atoms with Crippen molar-refractivity contribution in [3.63, 3.8) is 0 Å². The number of rotatable bonds is 7. The third-order valence-corrected chi connectivity index (χ3v) is 8.19. The molecule has 0 spiro atoms. The van der Waals surface area contributed by atoms with Crippen LogP contribution in [0.5, 0.6) is 0 Å². The number of carbonyl (C=O) groups is 1. The highest BCUT2D eigenvalue weighted by molar-refractivity contribution is 5.86.